The molecule has 0 spiro atoms. The summed E-state index contributed by atoms with van der Waals surface area (Å²) in [6.07, 6.45) is 1.18. The summed E-state index contributed by atoms with van der Waals surface area (Å²) < 4.78 is 9.84. The highest BCUT2D eigenvalue weighted by molar-refractivity contribution is 6.06. The predicted molar refractivity (Wildman–Crippen MR) is 148 cm³/mol. The highest BCUT2D eigenvalue weighted by atomic mass is 16.6. The molecule has 204 valence electrons. The SMILES string of the molecule is C=C=C=C=C.C=O.COc1ccc(NC(=O)C/C(C)=N/NC(=O)c2ccco2)c([N+](=O)[O-])c1.[C-]#[N+]N=C=C=C=C. The number of hydrazone groups is 1. The summed E-state index contributed by atoms with van der Waals surface area (Å²) >= 11 is 0. The van der Waals surface area contributed by atoms with E-state index in [9.17, 15) is 19.7 Å². The Balaban J connectivity index is 0. The molecule has 0 atom stereocenters. The van der Waals surface area contributed by atoms with Gasteiger partial charge in [0.05, 0.1) is 30.8 Å². The van der Waals surface area contributed by atoms with Crippen molar-refractivity contribution in [3.63, 3.8) is 0 Å². The van der Waals surface area contributed by atoms with Crippen molar-refractivity contribution < 1.29 is 28.5 Å². The lowest BCUT2D eigenvalue weighted by atomic mass is 10.2. The number of hydrogen-bond donors (Lipinski definition) is 2. The van der Waals surface area contributed by atoms with Crippen LogP contribution in [0, 0.1) is 16.7 Å². The number of amides is 2. The molecule has 1 aromatic carbocycles. The van der Waals surface area contributed by atoms with E-state index in [1.807, 2.05) is 6.79 Å². The fourth-order valence-electron chi connectivity index (χ4n) is 2.12. The lowest BCUT2D eigenvalue weighted by Crippen LogP contribution is -2.21. The van der Waals surface area contributed by atoms with Crippen LogP contribution in [0.25, 0.3) is 4.95 Å². The number of carbonyl (C=O) groups is 3. The largest absolute Gasteiger partial charge is 0.496 e. The standard InChI is InChI=1S/C16H16N4O6.C5H2N2.C5H4.CH2O/c1-10(18-19-16(22)14-4-3-7-26-14)8-15(21)17-12-6-5-11(25-2)9-13(12)20(23)24;1-3-4-5-7-6-2;1-3-5-4-2;1-2/h3-7,9H,8H2,1-2H3,(H,17,21)(H,19,22);1H2;1-2H2;1H2/b18-10+;;;. The second-order valence-corrected chi connectivity index (χ2v) is 6.22. The Bertz CT molecular complexity index is 1440. The van der Waals surface area contributed by atoms with Crippen molar-refractivity contribution in [3.8, 4) is 5.75 Å². The maximum absolute atomic E-state index is 12.0. The van der Waals surface area contributed by atoms with E-state index < -0.39 is 16.7 Å². The number of rotatable bonds is 7. The van der Waals surface area contributed by atoms with Gasteiger partial charge >= 0.3 is 5.91 Å². The summed E-state index contributed by atoms with van der Waals surface area (Å²) in [5, 5.41) is 20.3. The van der Waals surface area contributed by atoms with Gasteiger partial charge in [0.25, 0.3) is 5.69 Å². The van der Waals surface area contributed by atoms with Crippen LogP contribution in [0.4, 0.5) is 11.4 Å². The Labute approximate surface area is 229 Å². The molecule has 1 aromatic heterocycles. The van der Waals surface area contributed by atoms with E-state index in [0.29, 0.717) is 11.5 Å². The summed E-state index contributed by atoms with van der Waals surface area (Å²) in [6, 6.07) is 7.10. The molecule has 0 saturated carbocycles. The topological polar surface area (TPSA) is 170 Å². The smallest absolute Gasteiger partial charge is 0.307 e. The van der Waals surface area contributed by atoms with Gasteiger partial charge in [0.1, 0.15) is 29.2 Å². The van der Waals surface area contributed by atoms with Crippen molar-refractivity contribution in [3.05, 3.63) is 112 Å². The normalized spacial score (nSPS) is 8.28. The van der Waals surface area contributed by atoms with Crippen molar-refractivity contribution >= 4 is 41.6 Å². The summed E-state index contributed by atoms with van der Waals surface area (Å²) in [5.74, 6) is 1.44. The summed E-state index contributed by atoms with van der Waals surface area (Å²) in [6.45, 7) is 19.2. The van der Waals surface area contributed by atoms with Crippen LogP contribution in [-0.4, -0.2) is 42.2 Å². The third kappa shape index (κ3) is 16.3. The molecule has 0 bridgehead atoms. The zero-order valence-electron chi connectivity index (χ0n) is 21.6. The minimum atomic E-state index is -0.622. The molecule has 0 aliphatic rings. The molecule has 2 N–H and O–H groups in total. The van der Waals surface area contributed by atoms with Gasteiger partial charge in [0.15, 0.2) is 5.76 Å². The molecule has 40 heavy (non-hydrogen) atoms. The molecule has 0 unspecified atom stereocenters. The Morgan fingerprint density at radius 3 is 2.30 bits per heavy atom. The number of methoxy groups -OCH3 is 1. The summed E-state index contributed by atoms with van der Waals surface area (Å²) in [7, 11) is 1.38. The lowest BCUT2D eigenvalue weighted by molar-refractivity contribution is -0.384. The molecule has 13 heteroatoms. The van der Waals surface area contributed by atoms with E-state index >= 15 is 0 Å². The first-order valence-corrected chi connectivity index (χ1v) is 10.4. The van der Waals surface area contributed by atoms with Gasteiger partial charge in [-0.15, -0.1) is 4.95 Å². The molecule has 0 fully saturated rings. The highest BCUT2D eigenvalue weighted by Crippen LogP contribution is 2.29. The predicted octanol–water partition coefficient (Wildman–Crippen LogP) is 4.40. The summed E-state index contributed by atoms with van der Waals surface area (Å²) in [4.78, 5) is 44.8. The first-order valence-electron chi connectivity index (χ1n) is 10.4. The van der Waals surface area contributed by atoms with E-state index in [1.165, 1.54) is 44.6 Å². The number of benzene rings is 1. The van der Waals surface area contributed by atoms with Gasteiger partial charge in [0.2, 0.25) is 5.91 Å². The van der Waals surface area contributed by atoms with Crippen LogP contribution in [-0.2, 0) is 9.59 Å². The van der Waals surface area contributed by atoms with E-state index in [0.717, 1.165) is 0 Å². The van der Waals surface area contributed by atoms with Gasteiger partial charge < -0.3 is 19.3 Å². The number of hydrogen-bond acceptors (Lipinski definition) is 9. The minimum absolute atomic E-state index is 0.0354. The van der Waals surface area contributed by atoms with Crippen LogP contribution in [0.3, 0.4) is 0 Å². The van der Waals surface area contributed by atoms with Gasteiger partial charge in [-0.1, -0.05) is 17.2 Å². The van der Waals surface area contributed by atoms with Crippen LogP contribution in [0.2, 0.25) is 0 Å². The number of ether oxygens (including phenoxy) is 1. The second kappa shape index (κ2) is 23.0. The number of furan rings is 1. The van der Waals surface area contributed by atoms with Gasteiger partial charge in [-0.3, -0.25) is 19.7 Å². The molecular weight excluding hydrogens is 520 g/mol. The van der Waals surface area contributed by atoms with Crippen molar-refractivity contribution in [2.75, 3.05) is 12.4 Å². The molecule has 0 radical (unpaired) electrons. The van der Waals surface area contributed by atoms with E-state index in [-0.39, 0.29) is 23.6 Å². The number of nitrogens with one attached hydrogen (secondary N) is 2. The van der Waals surface area contributed by atoms with Gasteiger partial charge in [-0.05, 0) is 56.7 Å². The monoisotopic (exact) mass is 544 g/mol. The average Bonchev–Trinajstić information content (AvgIpc) is 3.50. The molecule has 0 saturated heterocycles. The Kier molecular flexibility index (Phi) is 20.5. The Morgan fingerprint density at radius 2 is 1.82 bits per heavy atom. The first kappa shape index (κ1) is 35.7. The number of anilines is 1. The van der Waals surface area contributed by atoms with Crippen LogP contribution in [0.1, 0.15) is 23.9 Å². The van der Waals surface area contributed by atoms with Crippen molar-refractivity contribution in [2.45, 2.75) is 13.3 Å². The van der Waals surface area contributed by atoms with Crippen LogP contribution < -0.4 is 15.5 Å². The van der Waals surface area contributed by atoms with E-state index in [1.54, 1.807) is 6.07 Å². The molecule has 13 nitrogen and oxygen atoms in total. The zero-order chi connectivity index (χ0) is 30.8. The van der Waals surface area contributed by atoms with Gasteiger partial charge in [-0.2, -0.15) is 11.7 Å². The van der Waals surface area contributed by atoms with Crippen molar-refractivity contribution in [2.24, 2.45) is 10.2 Å². The number of nitro benzene ring substituents is 1. The third-order valence-corrected chi connectivity index (χ3v) is 3.61. The first-order chi connectivity index (χ1) is 19.2. The third-order valence-electron chi connectivity index (χ3n) is 3.61. The maximum atomic E-state index is 12.0. The second-order valence-electron chi connectivity index (χ2n) is 6.22. The molecule has 1 heterocycles. The molecule has 0 aliphatic carbocycles. The summed E-state index contributed by atoms with van der Waals surface area (Å²) in [5.41, 5.74) is 13.9. The van der Waals surface area contributed by atoms with Crippen LogP contribution >= 0.6 is 0 Å². The molecular formula is C27H24N6O7. The molecule has 2 rings (SSSR count). The van der Waals surface area contributed by atoms with E-state index in [4.69, 9.17) is 20.5 Å². The lowest BCUT2D eigenvalue weighted by Gasteiger charge is -2.07. The quantitative estimate of drug-likeness (QED) is 0.171. The van der Waals surface area contributed by atoms with E-state index in [2.05, 4.69) is 80.2 Å². The molecule has 2 amide bonds. The Morgan fingerprint density at radius 1 is 1.18 bits per heavy atom. The zero-order valence-corrected chi connectivity index (χ0v) is 21.6. The number of nitrogens with zero attached hydrogens (tertiary/aromatic N) is 4. The average molecular weight is 545 g/mol. The number of nitro groups is 1. The Hall–Kier alpha value is -6.44. The van der Waals surface area contributed by atoms with Crippen LogP contribution in [0.15, 0.2) is 99.6 Å². The van der Waals surface area contributed by atoms with Crippen LogP contribution in [0.5, 0.6) is 5.75 Å². The van der Waals surface area contributed by atoms with Gasteiger partial charge in [-0.25, -0.2) is 5.43 Å². The number of carbonyl (C=O) groups excluding carboxylic acids is 3. The minimum Gasteiger partial charge on any atom is -0.496 e. The van der Waals surface area contributed by atoms with Gasteiger partial charge in [0, 0.05) is 11.4 Å². The highest BCUT2D eigenvalue weighted by Gasteiger charge is 2.17. The molecule has 2 aromatic rings. The van der Waals surface area contributed by atoms with Crippen molar-refractivity contribution in [1.82, 2.24) is 5.43 Å². The maximum Gasteiger partial charge on any atom is 0.307 e. The fourth-order valence-corrected chi connectivity index (χ4v) is 2.12. The molecule has 0 aliphatic heterocycles. The fraction of sp³-hybridized carbons (Fsp3) is 0.111. The van der Waals surface area contributed by atoms with Crippen molar-refractivity contribution in [1.29, 1.82) is 0 Å².